The zero-order valence-electron chi connectivity index (χ0n) is 13.4. The quantitative estimate of drug-likeness (QED) is 0.901. The van der Waals surface area contributed by atoms with Crippen LogP contribution in [-0.4, -0.2) is 53.7 Å². The van der Waals surface area contributed by atoms with Gasteiger partial charge in [-0.05, 0) is 5.92 Å². The molecule has 0 saturated carbocycles. The van der Waals surface area contributed by atoms with E-state index >= 15 is 0 Å². The minimum Gasteiger partial charge on any atom is -0.346 e. The molecule has 23 heavy (non-hydrogen) atoms. The van der Waals surface area contributed by atoms with Crippen molar-refractivity contribution < 1.29 is 9.32 Å². The van der Waals surface area contributed by atoms with E-state index in [1.54, 1.807) is 17.4 Å². The van der Waals surface area contributed by atoms with E-state index in [-0.39, 0.29) is 11.8 Å². The summed E-state index contributed by atoms with van der Waals surface area (Å²) in [6.45, 7) is 7.91. The number of rotatable bonds is 5. The molecule has 0 spiro atoms. The molecule has 1 amide bonds. The van der Waals surface area contributed by atoms with E-state index in [2.05, 4.69) is 25.3 Å². The highest BCUT2D eigenvalue weighted by Gasteiger charge is 2.21. The summed E-state index contributed by atoms with van der Waals surface area (Å²) in [5, 5.41) is 9.74. The fourth-order valence-corrected chi connectivity index (χ4v) is 3.17. The van der Waals surface area contributed by atoms with Crippen molar-refractivity contribution in [1.29, 1.82) is 0 Å². The molecule has 0 atom stereocenters. The van der Waals surface area contributed by atoms with Crippen LogP contribution >= 0.6 is 11.3 Å². The number of thiazole rings is 1. The van der Waals surface area contributed by atoms with Crippen molar-refractivity contribution in [3.8, 4) is 0 Å². The van der Waals surface area contributed by atoms with Gasteiger partial charge in [0.25, 0.3) is 0 Å². The van der Waals surface area contributed by atoms with Crippen LogP contribution in [0.4, 0.5) is 11.0 Å². The van der Waals surface area contributed by atoms with Crippen LogP contribution < -0.4 is 10.2 Å². The second-order valence-corrected chi connectivity index (χ2v) is 6.77. The molecule has 1 fully saturated rings. The first-order valence-electron chi connectivity index (χ1n) is 7.75. The number of piperazine rings is 1. The molecule has 124 valence electrons. The number of carbonyl (C=O) groups is 1. The molecule has 0 aromatic carbocycles. The number of carbonyl (C=O) groups excluding carboxylic acids is 1. The Morgan fingerprint density at radius 1 is 1.39 bits per heavy atom. The highest BCUT2D eigenvalue weighted by atomic mass is 32.1. The third-order valence-electron chi connectivity index (χ3n) is 3.81. The Morgan fingerprint density at radius 2 is 2.17 bits per heavy atom. The third kappa shape index (κ3) is 4.08. The lowest BCUT2D eigenvalue weighted by Gasteiger charge is -2.33. The molecule has 0 aliphatic carbocycles. The lowest BCUT2D eigenvalue weighted by Crippen LogP contribution is -2.48. The number of hydrogen-bond donors (Lipinski definition) is 1. The van der Waals surface area contributed by atoms with Crippen molar-refractivity contribution in [3.05, 3.63) is 23.3 Å². The van der Waals surface area contributed by atoms with Crippen molar-refractivity contribution in [3.63, 3.8) is 0 Å². The molecular formula is C15H21N5O2S. The number of hydrogen-bond acceptors (Lipinski definition) is 7. The summed E-state index contributed by atoms with van der Waals surface area (Å²) in [4.78, 5) is 20.8. The van der Waals surface area contributed by atoms with Crippen molar-refractivity contribution >= 4 is 28.3 Å². The molecule has 1 aliphatic heterocycles. The Kier molecular flexibility index (Phi) is 4.92. The first-order chi connectivity index (χ1) is 11.1. The molecule has 1 aliphatic rings. The number of anilines is 2. The SMILES string of the molecule is CC(C)c1cc(NC(=O)CN2CCN(c3nccs3)CC2)on1. The fourth-order valence-electron chi connectivity index (χ4n) is 2.47. The molecule has 2 aromatic rings. The Hall–Kier alpha value is -1.93. The van der Waals surface area contributed by atoms with Gasteiger partial charge in [-0.25, -0.2) is 4.98 Å². The summed E-state index contributed by atoms with van der Waals surface area (Å²) in [5.41, 5.74) is 0.845. The summed E-state index contributed by atoms with van der Waals surface area (Å²) < 4.78 is 5.14. The Bertz CT molecular complexity index is 632. The molecule has 8 heteroatoms. The minimum absolute atomic E-state index is 0.0702. The average molecular weight is 335 g/mol. The van der Waals surface area contributed by atoms with Gasteiger partial charge in [0.15, 0.2) is 5.13 Å². The second kappa shape index (κ2) is 7.10. The Morgan fingerprint density at radius 3 is 2.78 bits per heavy atom. The fraction of sp³-hybridized carbons (Fsp3) is 0.533. The van der Waals surface area contributed by atoms with E-state index in [0.717, 1.165) is 37.0 Å². The van der Waals surface area contributed by atoms with Gasteiger partial charge >= 0.3 is 0 Å². The van der Waals surface area contributed by atoms with Gasteiger partial charge in [-0.3, -0.25) is 15.0 Å². The summed E-state index contributed by atoms with van der Waals surface area (Å²) >= 11 is 1.65. The molecule has 2 aromatic heterocycles. The van der Waals surface area contributed by atoms with E-state index in [9.17, 15) is 4.79 Å². The number of nitrogens with one attached hydrogen (secondary N) is 1. The predicted molar refractivity (Wildman–Crippen MR) is 90.0 cm³/mol. The van der Waals surface area contributed by atoms with E-state index in [1.165, 1.54) is 0 Å². The third-order valence-corrected chi connectivity index (χ3v) is 4.64. The summed E-state index contributed by atoms with van der Waals surface area (Å²) in [5.74, 6) is 0.627. The molecular weight excluding hydrogens is 314 g/mol. The highest BCUT2D eigenvalue weighted by Crippen LogP contribution is 2.19. The van der Waals surface area contributed by atoms with E-state index in [0.29, 0.717) is 12.4 Å². The van der Waals surface area contributed by atoms with Gasteiger partial charge in [0.1, 0.15) is 0 Å². The second-order valence-electron chi connectivity index (χ2n) is 5.90. The highest BCUT2D eigenvalue weighted by molar-refractivity contribution is 7.13. The zero-order valence-corrected chi connectivity index (χ0v) is 14.2. The van der Waals surface area contributed by atoms with Crippen LogP contribution in [0.1, 0.15) is 25.5 Å². The standard InChI is InChI=1S/C15H21N5O2S/c1-11(2)12-9-14(22-18-12)17-13(21)10-19-4-6-20(7-5-19)15-16-3-8-23-15/h3,8-9,11H,4-7,10H2,1-2H3,(H,17,21). The molecule has 0 unspecified atom stereocenters. The van der Waals surface area contributed by atoms with Crippen LogP contribution in [0.5, 0.6) is 0 Å². The molecule has 3 rings (SSSR count). The average Bonchev–Trinajstić information content (AvgIpc) is 3.19. The Labute approximate surface area is 139 Å². The topological polar surface area (TPSA) is 74.5 Å². The molecule has 0 radical (unpaired) electrons. The van der Waals surface area contributed by atoms with E-state index in [1.807, 2.05) is 25.4 Å². The zero-order chi connectivity index (χ0) is 16.2. The van der Waals surface area contributed by atoms with Gasteiger partial charge in [-0.2, -0.15) is 0 Å². The maximum atomic E-state index is 12.1. The van der Waals surface area contributed by atoms with Crippen LogP contribution in [0.15, 0.2) is 22.2 Å². The maximum absolute atomic E-state index is 12.1. The molecule has 0 bridgehead atoms. The van der Waals surface area contributed by atoms with Gasteiger partial charge < -0.3 is 9.42 Å². The molecule has 1 saturated heterocycles. The van der Waals surface area contributed by atoms with Crippen molar-refractivity contribution in [1.82, 2.24) is 15.0 Å². The first kappa shape index (κ1) is 15.9. The van der Waals surface area contributed by atoms with Gasteiger partial charge in [0.2, 0.25) is 11.8 Å². The van der Waals surface area contributed by atoms with Gasteiger partial charge in [0, 0.05) is 43.8 Å². The minimum atomic E-state index is -0.0702. The van der Waals surface area contributed by atoms with Gasteiger partial charge in [-0.1, -0.05) is 19.0 Å². The summed E-state index contributed by atoms with van der Waals surface area (Å²) in [6.07, 6.45) is 1.82. The number of nitrogens with zero attached hydrogens (tertiary/aromatic N) is 4. The summed E-state index contributed by atoms with van der Waals surface area (Å²) in [6, 6.07) is 1.78. The van der Waals surface area contributed by atoms with Crippen molar-refractivity contribution in [2.75, 3.05) is 42.9 Å². The Balaban J connectivity index is 1.45. The smallest absolute Gasteiger partial charge is 0.240 e. The lowest BCUT2D eigenvalue weighted by atomic mass is 10.1. The van der Waals surface area contributed by atoms with Crippen LogP contribution in [0, 0.1) is 0 Å². The van der Waals surface area contributed by atoms with Crippen LogP contribution in [0.25, 0.3) is 0 Å². The lowest BCUT2D eigenvalue weighted by molar-refractivity contribution is -0.117. The number of aromatic nitrogens is 2. The number of amides is 1. The maximum Gasteiger partial charge on any atom is 0.240 e. The van der Waals surface area contributed by atoms with Gasteiger partial charge in [-0.15, -0.1) is 11.3 Å². The monoisotopic (exact) mass is 335 g/mol. The van der Waals surface area contributed by atoms with E-state index in [4.69, 9.17) is 4.52 Å². The van der Waals surface area contributed by atoms with Crippen LogP contribution in [-0.2, 0) is 4.79 Å². The predicted octanol–water partition coefficient (Wildman–Crippen LogP) is 2.02. The van der Waals surface area contributed by atoms with Crippen LogP contribution in [0.3, 0.4) is 0 Å². The first-order valence-corrected chi connectivity index (χ1v) is 8.63. The van der Waals surface area contributed by atoms with Crippen LogP contribution in [0.2, 0.25) is 0 Å². The molecule has 7 nitrogen and oxygen atoms in total. The largest absolute Gasteiger partial charge is 0.346 e. The molecule has 1 N–H and O–H groups in total. The summed E-state index contributed by atoms with van der Waals surface area (Å²) in [7, 11) is 0. The van der Waals surface area contributed by atoms with Crippen molar-refractivity contribution in [2.24, 2.45) is 0 Å². The van der Waals surface area contributed by atoms with Gasteiger partial charge in [0.05, 0.1) is 12.2 Å². The normalized spacial score (nSPS) is 16.0. The van der Waals surface area contributed by atoms with E-state index < -0.39 is 0 Å². The van der Waals surface area contributed by atoms with Crippen molar-refractivity contribution in [2.45, 2.75) is 19.8 Å². The molecule has 3 heterocycles.